The summed E-state index contributed by atoms with van der Waals surface area (Å²) in [6.45, 7) is 2.55. The van der Waals surface area contributed by atoms with Crippen molar-refractivity contribution in [3.63, 3.8) is 0 Å². The van der Waals surface area contributed by atoms with Gasteiger partial charge < -0.3 is 4.74 Å². The second-order valence-corrected chi connectivity index (χ2v) is 3.29. The van der Waals surface area contributed by atoms with Crippen molar-refractivity contribution in [2.75, 3.05) is 20.8 Å². The molecule has 2 nitrogen and oxygen atoms in total. The van der Waals surface area contributed by atoms with Crippen molar-refractivity contribution in [2.45, 2.75) is 31.6 Å². The Morgan fingerprint density at radius 2 is 2.27 bits per heavy atom. The van der Waals surface area contributed by atoms with Crippen LogP contribution in [0.25, 0.3) is 0 Å². The Balaban J connectivity index is 2.49. The average molecular weight is 161 g/mol. The number of hydrogen-bond donors (Lipinski definition) is 0. The molecule has 3 atom stereocenters. The first kappa shape index (κ1) is 8.94. The fourth-order valence-electron chi connectivity index (χ4n) is 1.62. The van der Waals surface area contributed by atoms with Crippen LogP contribution in [0.1, 0.15) is 13.3 Å². The van der Waals surface area contributed by atoms with Gasteiger partial charge in [0.15, 0.2) is 0 Å². The summed E-state index contributed by atoms with van der Waals surface area (Å²) in [5, 5.41) is 0. The molecule has 1 aliphatic heterocycles. The summed E-state index contributed by atoms with van der Waals surface area (Å²) in [5.41, 5.74) is 0. The molecule has 0 spiro atoms. The van der Waals surface area contributed by atoms with E-state index < -0.39 is 6.17 Å². The lowest BCUT2D eigenvalue weighted by atomic mass is 10.2. The molecule has 0 aromatic heterocycles. The van der Waals surface area contributed by atoms with E-state index in [1.54, 1.807) is 7.11 Å². The Labute approximate surface area is 67.3 Å². The Hall–Kier alpha value is -0.150. The lowest BCUT2D eigenvalue weighted by molar-refractivity contribution is 0.0896. The van der Waals surface area contributed by atoms with Gasteiger partial charge in [-0.25, -0.2) is 4.39 Å². The van der Waals surface area contributed by atoms with Gasteiger partial charge in [-0.15, -0.1) is 0 Å². The van der Waals surface area contributed by atoms with Gasteiger partial charge in [0, 0.05) is 13.2 Å². The van der Waals surface area contributed by atoms with Crippen molar-refractivity contribution < 1.29 is 9.13 Å². The topological polar surface area (TPSA) is 12.5 Å². The zero-order chi connectivity index (χ0) is 8.43. The third-order valence-corrected chi connectivity index (χ3v) is 2.54. The molecule has 1 rings (SSSR count). The van der Waals surface area contributed by atoms with Gasteiger partial charge in [-0.05, 0) is 20.4 Å². The van der Waals surface area contributed by atoms with Crippen LogP contribution in [-0.2, 0) is 4.74 Å². The molecule has 0 saturated carbocycles. The molecule has 0 aromatic rings. The first-order valence-electron chi connectivity index (χ1n) is 4.01. The number of methoxy groups -OCH3 is 1. The lowest BCUT2D eigenvalue weighted by Crippen LogP contribution is -2.36. The monoisotopic (exact) mass is 161 g/mol. The molecule has 3 heteroatoms. The molecule has 1 aliphatic rings. The molecule has 0 N–H and O–H groups in total. The predicted molar refractivity (Wildman–Crippen MR) is 42.4 cm³/mol. The molecular weight excluding hydrogens is 145 g/mol. The van der Waals surface area contributed by atoms with E-state index in [1.807, 2.05) is 18.9 Å². The van der Waals surface area contributed by atoms with Gasteiger partial charge in [-0.2, -0.15) is 0 Å². The summed E-state index contributed by atoms with van der Waals surface area (Å²) in [6, 6.07) is 0.320. The van der Waals surface area contributed by atoms with Gasteiger partial charge in [-0.3, -0.25) is 4.90 Å². The molecule has 11 heavy (non-hydrogen) atoms. The number of alkyl halides is 1. The number of ether oxygens (including phenoxy) is 1. The number of rotatable bonds is 2. The van der Waals surface area contributed by atoms with Crippen molar-refractivity contribution in [1.82, 2.24) is 4.90 Å². The molecule has 0 bridgehead atoms. The van der Waals surface area contributed by atoms with Crippen molar-refractivity contribution in [2.24, 2.45) is 0 Å². The molecule has 0 amide bonds. The zero-order valence-corrected chi connectivity index (χ0v) is 7.38. The third-order valence-electron chi connectivity index (χ3n) is 2.54. The summed E-state index contributed by atoms with van der Waals surface area (Å²) in [5.74, 6) is 0. The van der Waals surface area contributed by atoms with Crippen LogP contribution in [0.15, 0.2) is 0 Å². The molecule has 0 aromatic carbocycles. The second-order valence-electron chi connectivity index (χ2n) is 3.29. The maximum absolute atomic E-state index is 13.2. The van der Waals surface area contributed by atoms with E-state index >= 15 is 0 Å². The Kier molecular flexibility index (Phi) is 2.84. The van der Waals surface area contributed by atoms with Crippen LogP contribution in [0, 0.1) is 0 Å². The highest BCUT2D eigenvalue weighted by Crippen LogP contribution is 2.24. The van der Waals surface area contributed by atoms with Gasteiger partial charge in [-0.1, -0.05) is 0 Å². The van der Waals surface area contributed by atoms with Crippen LogP contribution >= 0.6 is 0 Å². The SMILES string of the molecule is COC[C@@H]1[C@H](F)C[C@@H](C)N1C. The molecule has 1 heterocycles. The fourth-order valence-corrected chi connectivity index (χ4v) is 1.62. The van der Waals surface area contributed by atoms with Crippen LogP contribution in [0.5, 0.6) is 0 Å². The van der Waals surface area contributed by atoms with Crippen molar-refractivity contribution in [3.8, 4) is 0 Å². The number of hydrogen-bond acceptors (Lipinski definition) is 2. The van der Waals surface area contributed by atoms with E-state index in [0.717, 1.165) is 0 Å². The van der Waals surface area contributed by atoms with E-state index in [2.05, 4.69) is 0 Å². The molecule has 1 saturated heterocycles. The van der Waals surface area contributed by atoms with E-state index in [-0.39, 0.29) is 6.04 Å². The molecular formula is C8H16FNO. The smallest absolute Gasteiger partial charge is 0.119 e. The molecule has 0 aliphatic carbocycles. The third kappa shape index (κ3) is 1.71. The highest BCUT2D eigenvalue weighted by molar-refractivity contribution is 4.90. The normalized spacial score (nSPS) is 39.8. The molecule has 0 unspecified atom stereocenters. The van der Waals surface area contributed by atoms with E-state index in [0.29, 0.717) is 19.1 Å². The maximum atomic E-state index is 13.2. The summed E-state index contributed by atoms with van der Waals surface area (Å²) >= 11 is 0. The van der Waals surface area contributed by atoms with Gasteiger partial charge in [0.1, 0.15) is 6.17 Å². The number of nitrogens with zero attached hydrogens (tertiary/aromatic N) is 1. The van der Waals surface area contributed by atoms with Crippen LogP contribution < -0.4 is 0 Å². The summed E-state index contributed by atoms with van der Waals surface area (Å²) in [7, 11) is 3.57. The van der Waals surface area contributed by atoms with E-state index in [9.17, 15) is 4.39 Å². The minimum atomic E-state index is -0.713. The van der Waals surface area contributed by atoms with E-state index in [4.69, 9.17) is 4.74 Å². The van der Waals surface area contributed by atoms with Gasteiger partial charge in [0.25, 0.3) is 0 Å². The minimum absolute atomic E-state index is 0.0324. The zero-order valence-electron chi connectivity index (χ0n) is 7.38. The molecule has 66 valence electrons. The van der Waals surface area contributed by atoms with Crippen LogP contribution in [-0.4, -0.2) is 43.9 Å². The maximum Gasteiger partial charge on any atom is 0.119 e. The van der Waals surface area contributed by atoms with Crippen molar-refractivity contribution in [1.29, 1.82) is 0 Å². The van der Waals surface area contributed by atoms with Crippen molar-refractivity contribution in [3.05, 3.63) is 0 Å². The first-order chi connectivity index (χ1) is 5.16. The predicted octanol–water partition coefficient (Wildman–Crippen LogP) is 1.06. The first-order valence-corrected chi connectivity index (χ1v) is 4.01. The quantitative estimate of drug-likeness (QED) is 0.600. The highest BCUT2D eigenvalue weighted by atomic mass is 19.1. The van der Waals surface area contributed by atoms with Gasteiger partial charge in [0.05, 0.1) is 12.6 Å². The number of likely N-dealkylation sites (N-methyl/N-ethyl adjacent to an activating group) is 1. The summed E-state index contributed by atoms with van der Waals surface area (Å²) in [6.07, 6.45) is -0.0696. The van der Waals surface area contributed by atoms with Crippen LogP contribution in [0.4, 0.5) is 4.39 Å². The van der Waals surface area contributed by atoms with Crippen LogP contribution in [0.3, 0.4) is 0 Å². The molecule has 1 fully saturated rings. The van der Waals surface area contributed by atoms with Gasteiger partial charge in [0.2, 0.25) is 0 Å². The highest BCUT2D eigenvalue weighted by Gasteiger charge is 2.36. The fraction of sp³-hybridized carbons (Fsp3) is 1.00. The summed E-state index contributed by atoms with van der Waals surface area (Å²) < 4.78 is 18.1. The van der Waals surface area contributed by atoms with E-state index in [1.165, 1.54) is 0 Å². The molecule has 0 radical (unpaired) electrons. The second kappa shape index (κ2) is 3.50. The standard InChI is InChI=1S/C8H16FNO/c1-6-4-7(9)8(5-11-3)10(6)2/h6-8H,4-5H2,1-3H3/t6-,7-,8-/m1/s1. The lowest BCUT2D eigenvalue weighted by Gasteiger charge is -2.22. The summed E-state index contributed by atoms with van der Waals surface area (Å²) in [4.78, 5) is 2.05. The Morgan fingerprint density at radius 1 is 1.64 bits per heavy atom. The van der Waals surface area contributed by atoms with Crippen LogP contribution in [0.2, 0.25) is 0 Å². The Morgan fingerprint density at radius 3 is 2.64 bits per heavy atom. The van der Waals surface area contributed by atoms with Crippen molar-refractivity contribution >= 4 is 0 Å². The minimum Gasteiger partial charge on any atom is -0.383 e. The largest absolute Gasteiger partial charge is 0.383 e. The average Bonchev–Trinajstić information content (AvgIpc) is 2.17. The van der Waals surface area contributed by atoms with Gasteiger partial charge >= 0.3 is 0 Å². The Bertz CT molecular complexity index is 131. The number of halogens is 1. The number of likely N-dealkylation sites (tertiary alicyclic amines) is 1.